The molecule has 0 radical (unpaired) electrons. The van der Waals surface area contributed by atoms with Crippen LogP contribution in [0.5, 0.6) is 0 Å². The molecule has 1 aromatic carbocycles. The van der Waals surface area contributed by atoms with Crippen molar-refractivity contribution in [2.75, 3.05) is 33.2 Å². The number of methoxy groups -OCH3 is 2. The number of allylic oxidation sites excluding steroid dienone is 2. The zero-order valence-electron chi connectivity index (χ0n) is 16.0. The van der Waals surface area contributed by atoms with E-state index in [0.29, 0.717) is 16.8 Å². The summed E-state index contributed by atoms with van der Waals surface area (Å²) in [5.41, 5.74) is 1.79. The first kappa shape index (κ1) is 20.0. The molecule has 1 amide bonds. The number of hydrogen-bond acceptors (Lipinski definition) is 6. The molecule has 0 spiro atoms. The number of carbonyl (C=O) groups is 3. The van der Waals surface area contributed by atoms with E-state index in [0.717, 1.165) is 0 Å². The molecule has 1 heterocycles. The number of esters is 2. The maximum atomic E-state index is 12.5. The molecule has 2 rings (SSSR count). The van der Waals surface area contributed by atoms with Gasteiger partial charge in [-0.25, -0.2) is 9.59 Å². The molecule has 0 unspecified atom stereocenters. The minimum absolute atomic E-state index is 0.00639. The summed E-state index contributed by atoms with van der Waals surface area (Å²) in [4.78, 5) is 40.2. The van der Waals surface area contributed by atoms with Crippen LogP contribution in [0.25, 0.3) is 0 Å². The Kier molecular flexibility index (Phi) is 6.18. The van der Waals surface area contributed by atoms with Crippen LogP contribution >= 0.6 is 0 Å². The Labute approximate surface area is 158 Å². The zero-order valence-corrected chi connectivity index (χ0v) is 16.0. The number of amides is 1. The standard InChI is InChI=1S/C20H22N2O5/c1-13-14(18(23)21(2)3)10-8-11-16(13)22-12-7-6-9-15(19(24)26-4)17(22)20(25)27-5/h6-12H,1-5H3. The lowest BCUT2D eigenvalue weighted by Crippen LogP contribution is -2.28. The molecule has 0 atom stereocenters. The Morgan fingerprint density at radius 3 is 2.26 bits per heavy atom. The highest BCUT2D eigenvalue weighted by atomic mass is 16.5. The number of anilines is 1. The lowest BCUT2D eigenvalue weighted by atomic mass is 10.0. The zero-order chi connectivity index (χ0) is 20.1. The van der Waals surface area contributed by atoms with Crippen molar-refractivity contribution in [2.24, 2.45) is 0 Å². The van der Waals surface area contributed by atoms with E-state index in [9.17, 15) is 14.4 Å². The summed E-state index contributed by atoms with van der Waals surface area (Å²) in [6.45, 7) is 1.78. The molecule has 0 saturated carbocycles. The molecule has 0 aliphatic carbocycles. The van der Waals surface area contributed by atoms with Crippen LogP contribution in [0.1, 0.15) is 15.9 Å². The van der Waals surface area contributed by atoms with Gasteiger partial charge in [0.05, 0.1) is 19.8 Å². The van der Waals surface area contributed by atoms with Crippen LogP contribution in [-0.2, 0) is 19.1 Å². The second-order valence-corrected chi connectivity index (χ2v) is 5.97. The first-order valence-corrected chi connectivity index (χ1v) is 8.19. The second kappa shape index (κ2) is 8.35. The quantitative estimate of drug-likeness (QED) is 0.756. The maximum absolute atomic E-state index is 12.5. The number of carbonyl (C=O) groups excluding carboxylic acids is 3. The summed E-state index contributed by atoms with van der Waals surface area (Å²) in [6.07, 6.45) is 6.42. The molecule has 0 bridgehead atoms. The first-order chi connectivity index (χ1) is 12.8. The number of nitrogens with zero attached hydrogens (tertiary/aromatic N) is 2. The molecule has 0 N–H and O–H groups in total. The molecule has 142 valence electrons. The van der Waals surface area contributed by atoms with Crippen LogP contribution in [0.2, 0.25) is 0 Å². The van der Waals surface area contributed by atoms with Gasteiger partial charge in [0.25, 0.3) is 5.91 Å². The van der Waals surface area contributed by atoms with E-state index in [4.69, 9.17) is 9.47 Å². The van der Waals surface area contributed by atoms with Gasteiger partial charge in [0.1, 0.15) is 5.70 Å². The maximum Gasteiger partial charge on any atom is 0.355 e. The molecule has 27 heavy (non-hydrogen) atoms. The van der Waals surface area contributed by atoms with Crippen molar-refractivity contribution >= 4 is 23.5 Å². The average molecular weight is 370 g/mol. The Morgan fingerprint density at radius 1 is 1.00 bits per heavy atom. The molecular formula is C20H22N2O5. The second-order valence-electron chi connectivity index (χ2n) is 5.97. The van der Waals surface area contributed by atoms with Gasteiger partial charge < -0.3 is 19.3 Å². The van der Waals surface area contributed by atoms with Crippen molar-refractivity contribution in [1.82, 2.24) is 4.90 Å². The Morgan fingerprint density at radius 2 is 1.67 bits per heavy atom. The van der Waals surface area contributed by atoms with Gasteiger partial charge in [0.15, 0.2) is 0 Å². The molecule has 1 aromatic rings. The van der Waals surface area contributed by atoms with E-state index >= 15 is 0 Å². The van der Waals surface area contributed by atoms with Crippen molar-refractivity contribution in [3.63, 3.8) is 0 Å². The van der Waals surface area contributed by atoms with Crippen molar-refractivity contribution in [3.05, 3.63) is 65.0 Å². The molecule has 7 heteroatoms. The predicted octanol–water partition coefficient (Wildman–Crippen LogP) is 2.19. The van der Waals surface area contributed by atoms with Gasteiger partial charge in [0, 0.05) is 31.5 Å². The molecule has 1 aliphatic heterocycles. The third-order valence-corrected chi connectivity index (χ3v) is 4.09. The van der Waals surface area contributed by atoms with Crippen LogP contribution in [0.3, 0.4) is 0 Å². The van der Waals surface area contributed by atoms with Crippen LogP contribution in [0.15, 0.2) is 53.9 Å². The fourth-order valence-corrected chi connectivity index (χ4v) is 2.71. The SMILES string of the molecule is COC(=O)C1=C(C(=O)OC)N(c2cccc(C(=O)N(C)C)c2C)C=CC=C1. The Hall–Kier alpha value is -3.35. The lowest BCUT2D eigenvalue weighted by Gasteiger charge is -2.26. The van der Waals surface area contributed by atoms with E-state index in [1.54, 1.807) is 57.6 Å². The number of ether oxygens (including phenoxy) is 2. The number of benzene rings is 1. The molecule has 0 aromatic heterocycles. The minimum Gasteiger partial charge on any atom is -0.465 e. The van der Waals surface area contributed by atoms with Crippen molar-refractivity contribution in [3.8, 4) is 0 Å². The van der Waals surface area contributed by atoms with Gasteiger partial charge >= 0.3 is 11.9 Å². The summed E-state index contributed by atoms with van der Waals surface area (Å²) in [7, 11) is 5.81. The van der Waals surface area contributed by atoms with Crippen molar-refractivity contribution < 1.29 is 23.9 Å². The fourth-order valence-electron chi connectivity index (χ4n) is 2.71. The highest BCUT2D eigenvalue weighted by Crippen LogP contribution is 2.30. The molecule has 0 saturated heterocycles. The van der Waals surface area contributed by atoms with Gasteiger partial charge in [-0.05, 0) is 36.8 Å². The Bertz CT molecular complexity index is 865. The normalized spacial score (nSPS) is 13.3. The van der Waals surface area contributed by atoms with Crippen LogP contribution < -0.4 is 4.90 Å². The third-order valence-electron chi connectivity index (χ3n) is 4.09. The number of rotatable bonds is 4. The van der Waals surface area contributed by atoms with Crippen molar-refractivity contribution in [2.45, 2.75) is 6.92 Å². The fraction of sp³-hybridized carbons (Fsp3) is 0.250. The minimum atomic E-state index is -0.699. The van der Waals surface area contributed by atoms with Gasteiger partial charge in [0.2, 0.25) is 0 Å². The van der Waals surface area contributed by atoms with Gasteiger partial charge in [-0.15, -0.1) is 0 Å². The Balaban J connectivity index is 2.72. The van der Waals surface area contributed by atoms with E-state index in [2.05, 4.69) is 0 Å². The highest BCUT2D eigenvalue weighted by molar-refractivity contribution is 6.06. The first-order valence-electron chi connectivity index (χ1n) is 8.19. The van der Waals surface area contributed by atoms with Crippen LogP contribution in [0, 0.1) is 6.92 Å². The monoisotopic (exact) mass is 370 g/mol. The smallest absolute Gasteiger partial charge is 0.355 e. The lowest BCUT2D eigenvalue weighted by molar-refractivity contribution is -0.139. The van der Waals surface area contributed by atoms with Crippen LogP contribution in [0.4, 0.5) is 5.69 Å². The van der Waals surface area contributed by atoms with Crippen LogP contribution in [-0.4, -0.2) is 51.1 Å². The summed E-state index contributed by atoms with van der Waals surface area (Å²) >= 11 is 0. The predicted molar refractivity (Wildman–Crippen MR) is 101 cm³/mol. The van der Waals surface area contributed by atoms with Gasteiger partial charge in [-0.2, -0.15) is 0 Å². The topological polar surface area (TPSA) is 76.2 Å². The van der Waals surface area contributed by atoms with E-state index in [1.807, 2.05) is 0 Å². The molecular weight excluding hydrogens is 348 g/mol. The molecule has 7 nitrogen and oxygen atoms in total. The largest absolute Gasteiger partial charge is 0.465 e. The summed E-state index contributed by atoms with van der Waals surface area (Å²) < 4.78 is 9.70. The van der Waals surface area contributed by atoms with Crippen molar-refractivity contribution in [1.29, 1.82) is 0 Å². The van der Waals surface area contributed by atoms with Gasteiger partial charge in [-0.3, -0.25) is 4.79 Å². The number of hydrogen-bond donors (Lipinski definition) is 0. The van der Waals surface area contributed by atoms with E-state index in [1.165, 1.54) is 30.1 Å². The summed E-state index contributed by atoms with van der Waals surface area (Å²) in [5.74, 6) is -1.53. The highest BCUT2D eigenvalue weighted by Gasteiger charge is 2.29. The van der Waals surface area contributed by atoms with E-state index < -0.39 is 11.9 Å². The van der Waals surface area contributed by atoms with Gasteiger partial charge in [-0.1, -0.05) is 12.1 Å². The summed E-state index contributed by atoms with van der Waals surface area (Å²) in [6, 6.07) is 5.19. The molecule has 1 aliphatic rings. The third kappa shape index (κ3) is 3.92. The van der Waals surface area contributed by atoms with E-state index in [-0.39, 0.29) is 17.2 Å². The summed E-state index contributed by atoms with van der Waals surface area (Å²) in [5, 5.41) is 0. The molecule has 0 fully saturated rings. The average Bonchev–Trinajstić information content (AvgIpc) is 2.89.